The summed E-state index contributed by atoms with van der Waals surface area (Å²) in [6.07, 6.45) is 1.24. The van der Waals surface area contributed by atoms with E-state index in [9.17, 15) is 14.4 Å². The minimum absolute atomic E-state index is 0.00341. The molecule has 2 amide bonds. The summed E-state index contributed by atoms with van der Waals surface area (Å²) in [4.78, 5) is 34.1. The molecule has 24 heavy (non-hydrogen) atoms. The Morgan fingerprint density at radius 3 is 2.08 bits per heavy atom. The van der Waals surface area contributed by atoms with E-state index in [-0.39, 0.29) is 43.3 Å². The highest BCUT2D eigenvalue weighted by Gasteiger charge is 2.09. The molecule has 8 heteroatoms. The van der Waals surface area contributed by atoms with E-state index in [4.69, 9.17) is 9.47 Å². The van der Waals surface area contributed by atoms with Crippen molar-refractivity contribution in [2.75, 3.05) is 53.2 Å². The molecule has 1 atom stereocenters. The Bertz CT molecular complexity index is 376. The lowest BCUT2D eigenvalue weighted by atomic mass is 10.0. The molecule has 0 saturated heterocycles. The summed E-state index contributed by atoms with van der Waals surface area (Å²) in [5, 5.41) is 5.22. The molecular weight excluding hydrogens is 316 g/mol. The van der Waals surface area contributed by atoms with Gasteiger partial charge in [-0.2, -0.15) is 0 Å². The molecule has 0 radical (unpaired) electrons. The summed E-state index contributed by atoms with van der Waals surface area (Å²) in [6, 6.07) is 0. The van der Waals surface area contributed by atoms with Gasteiger partial charge in [0.05, 0.1) is 19.8 Å². The maximum Gasteiger partial charge on any atom is 0.246 e. The monoisotopic (exact) mass is 346 g/mol. The number of ether oxygens (including phenoxy) is 3. The first-order valence-corrected chi connectivity index (χ1v) is 8.21. The van der Waals surface area contributed by atoms with Crippen LogP contribution >= 0.6 is 0 Å². The molecule has 0 aliphatic carbocycles. The van der Waals surface area contributed by atoms with E-state index < -0.39 is 0 Å². The number of ketones is 1. The maximum absolute atomic E-state index is 11.6. The standard InChI is InChI=1S/C16H30N2O6/c1-4-13(2)14(19)5-8-23-9-6-18-16(21)12-24-10-7-17-15(20)11-22-3/h13H,4-12H2,1-3H3,(H,17,20)(H,18,21)/t13-/m1/s1. The molecule has 0 aromatic heterocycles. The molecule has 0 aliphatic heterocycles. The summed E-state index contributed by atoms with van der Waals surface area (Å²) >= 11 is 0. The first-order valence-electron chi connectivity index (χ1n) is 8.21. The van der Waals surface area contributed by atoms with Crippen LogP contribution in [0.15, 0.2) is 0 Å². The van der Waals surface area contributed by atoms with Crippen molar-refractivity contribution in [2.24, 2.45) is 5.92 Å². The molecule has 0 fully saturated rings. The molecule has 0 heterocycles. The fourth-order valence-electron chi connectivity index (χ4n) is 1.67. The molecule has 0 saturated carbocycles. The lowest BCUT2D eigenvalue weighted by Crippen LogP contribution is -2.33. The third-order valence-electron chi connectivity index (χ3n) is 3.30. The topological polar surface area (TPSA) is 103 Å². The Hall–Kier alpha value is -1.51. The van der Waals surface area contributed by atoms with Gasteiger partial charge in [-0.15, -0.1) is 0 Å². The molecule has 0 aliphatic rings. The first kappa shape index (κ1) is 22.5. The minimum Gasteiger partial charge on any atom is -0.379 e. The van der Waals surface area contributed by atoms with E-state index in [0.29, 0.717) is 32.7 Å². The van der Waals surface area contributed by atoms with Gasteiger partial charge >= 0.3 is 0 Å². The van der Waals surface area contributed by atoms with Gasteiger partial charge in [-0.25, -0.2) is 0 Å². The number of Topliss-reactive ketones (excluding diaryl/α,β-unsaturated/α-hetero) is 1. The van der Waals surface area contributed by atoms with Gasteiger partial charge in [0.15, 0.2) is 0 Å². The van der Waals surface area contributed by atoms with Crippen molar-refractivity contribution in [2.45, 2.75) is 26.7 Å². The van der Waals surface area contributed by atoms with Crippen LogP contribution in [-0.2, 0) is 28.6 Å². The van der Waals surface area contributed by atoms with Gasteiger partial charge in [0, 0.05) is 32.5 Å². The van der Waals surface area contributed by atoms with E-state index in [1.807, 2.05) is 13.8 Å². The third kappa shape index (κ3) is 13.0. The second kappa shape index (κ2) is 15.0. The quantitative estimate of drug-likeness (QED) is 0.402. The second-order valence-corrected chi connectivity index (χ2v) is 5.32. The average Bonchev–Trinajstić information content (AvgIpc) is 2.56. The fraction of sp³-hybridized carbons (Fsp3) is 0.812. The van der Waals surface area contributed by atoms with Gasteiger partial charge in [-0.1, -0.05) is 13.8 Å². The second-order valence-electron chi connectivity index (χ2n) is 5.32. The van der Waals surface area contributed by atoms with Crippen LogP contribution in [0.3, 0.4) is 0 Å². The van der Waals surface area contributed by atoms with E-state index >= 15 is 0 Å². The van der Waals surface area contributed by atoms with E-state index in [0.717, 1.165) is 6.42 Å². The Morgan fingerprint density at radius 2 is 1.50 bits per heavy atom. The molecular formula is C16H30N2O6. The fourth-order valence-corrected chi connectivity index (χ4v) is 1.67. The molecule has 2 N–H and O–H groups in total. The molecule has 0 aromatic rings. The van der Waals surface area contributed by atoms with Gasteiger partial charge in [0.1, 0.15) is 19.0 Å². The van der Waals surface area contributed by atoms with Crippen LogP contribution in [-0.4, -0.2) is 70.8 Å². The van der Waals surface area contributed by atoms with Crippen LogP contribution in [0, 0.1) is 5.92 Å². The highest BCUT2D eigenvalue weighted by molar-refractivity contribution is 5.80. The van der Waals surface area contributed by atoms with Crippen LogP contribution < -0.4 is 10.6 Å². The molecule has 8 nitrogen and oxygen atoms in total. The zero-order valence-electron chi connectivity index (χ0n) is 14.9. The SMILES string of the molecule is CC[C@@H](C)C(=O)CCOCCNC(=O)COCCNC(=O)COC. The van der Waals surface area contributed by atoms with Crippen LogP contribution in [0.5, 0.6) is 0 Å². The molecule has 0 rings (SSSR count). The van der Waals surface area contributed by atoms with Gasteiger partial charge in [0.2, 0.25) is 11.8 Å². The predicted octanol–water partition coefficient (Wildman–Crippen LogP) is -0.0963. The summed E-state index contributed by atoms with van der Waals surface area (Å²) in [5.41, 5.74) is 0. The number of carbonyl (C=O) groups is 3. The lowest BCUT2D eigenvalue weighted by Gasteiger charge is -2.09. The van der Waals surface area contributed by atoms with Gasteiger partial charge in [-0.3, -0.25) is 14.4 Å². The zero-order chi connectivity index (χ0) is 18.2. The molecule has 140 valence electrons. The largest absolute Gasteiger partial charge is 0.379 e. The Balaban J connectivity index is 3.41. The van der Waals surface area contributed by atoms with Crippen molar-refractivity contribution in [3.05, 3.63) is 0 Å². The summed E-state index contributed by atoms with van der Waals surface area (Å²) in [6.45, 7) is 5.48. The Morgan fingerprint density at radius 1 is 0.917 bits per heavy atom. The predicted molar refractivity (Wildman–Crippen MR) is 88.6 cm³/mol. The third-order valence-corrected chi connectivity index (χ3v) is 3.30. The molecule has 0 unspecified atom stereocenters. The normalized spacial score (nSPS) is 11.8. The van der Waals surface area contributed by atoms with Crippen molar-refractivity contribution in [3.8, 4) is 0 Å². The number of hydrogen-bond donors (Lipinski definition) is 2. The molecule has 0 spiro atoms. The highest BCUT2D eigenvalue weighted by Crippen LogP contribution is 2.04. The van der Waals surface area contributed by atoms with Crippen molar-refractivity contribution in [1.82, 2.24) is 10.6 Å². The number of nitrogens with one attached hydrogen (secondary N) is 2. The van der Waals surface area contributed by atoms with E-state index in [1.54, 1.807) is 0 Å². The van der Waals surface area contributed by atoms with Crippen LogP contribution in [0.2, 0.25) is 0 Å². The van der Waals surface area contributed by atoms with Gasteiger partial charge in [-0.05, 0) is 6.42 Å². The first-order chi connectivity index (χ1) is 11.5. The van der Waals surface area contributed by atoms with E-state index in [2.05, 4.69) is 15.4 Å². The van der Waals surface area contributed by atoms with Crippen LogP contribution in [0.4, 0.5) is 0 Å². The summed E-state index contributed by atoms with van der Waals surface area (Å²) < 4.78 is 15.1. The van der Waals surface area contributed by atoms with Gasteiger partial charge in [0.25, 0.3) is 0 Å². The minimum atomic E-state index is -0.252. The highest BCUT2D eigenvalue weighted by atomic mass is 16.5. The summed E-state index contributed by atoms with van der Waals surface area (Å²) in [7, 11) is 1.44. The number of carbonyl (C=O) groups excluding carboxylic acids is 3. The van der Waals surface area contributed by atoms with Crippen LogP contribution in [0.25, 0.3) is 0 Å². The lowest BCUT2D eigenvalue weighted by molar-refractivity contribution is -0.127. The number of amides is 2. The summed E-state index contributed by atoms with van der Waals surface area (Å²) in [5.74, 6) is -0.204. The Kier molecular flexibility index (Phi) is 14.1. The van der Waals surface area contributed by atoms with Crippen molar-refractivity contribution < 1.29 is 28.6 Å². The number of rotatable bonds is 15. The molecule has 0 aromatic carbocycles. The average molecular weight is 346 g/mol. The van der Waals surface area contributed by atoms with Crippen molar-refractivity contribution in [1.29, 1.82) is 0 Å². The molecule has 0 bridgehead atoms. The van der Waals surface area contributed by atoms with Crippen molar-refractivity contribution in [3.63, 3.8) is 0 Å². The number of hydrogen-bond acceptors (Lipinski definition) is 6. The Labute approximate surface area is 143 Å². The smallest absolute Gasteiger partial charge is 0.246 e. The maximum atomic E-state index is 11.6. The van der Waals surface area contributed by atoms with E-state index in [1.165, 1.54) is 7.11 Å². The zero-order valence-corrected chi connectivity index (χ0v) is 14.9. The van der Waals surface area contributed by atoms with Gasteiger partial charge < -0.3 is 24.8 Å². The van der Waals surface area contributed by atoms with Crippen LogP contribution in [0.1, 0.15) is 26.7 Å². The van der Waals surface area contributed by atoms with Crippen molar-refractivity contribution >= 4 is 17.6 Å². The number of methoxy groups -OCH3 is 1.